The van der Waals surface area contributed by atoms with Gasteiger partial charge in [0.25, 0.3) is 0 Å². The van der Waals surface area contributed by atoms with Crippen molar-refractivity contribution in [2.24, 2.45) is 0 Å². The number of halogens is 1. The lowest BCUT2D eigenvalue weighted by molar-refractivity contribution is -0.137. The largest absolute Gasteiger partial charge is 0.481 e. The molecule has 0 spiro atoms. The van der Waals surface area contributed by atoms with Crippen LogP contribution in [0.1, 0.15) is 43.6 Å². The van der Waals surface area contributed by atoms with Crippen molar-refractivity contribution in [3.63, 3.8) is 0 Å². The van der Waals surface area contributed by atoms with Crippen molar-refractivity contribution >= 4 is 11.9 Å². The fraction of sp³-hybridized carbons (Fsp3) is 0.421. The Hall–Kier alpha value is -2.70. The zero-order valence-corrected chi connectivity index (χ0v) is 15.5. The number of carboxylic acid groups (broad SMARTS) is 1. The first-order chi connectivity index (χ1) is 12.1. The minimum absolute atomic E-state index is 0.00612. The summed E-state index contributed by atoms with van der Waals surface area (Å²) < 4.78 is 14.8. The zero-order valence-electron chi connectivity index (χ0n) is 15.5. The average molecular weight is 361 g/mol. The van der Waals surface area contributed by atoms with E-state index in [9.17, 15) is 14.0 Å². The molecule has 0 atom stereocenters. The number of amides is 1. The van der Waals surface area contributed by atoms with Gasteiger partial charge in [-0.1, -0.05) is 0 Å². The SMILES string of the molecule is Cc1nn(-c2ccc(F)cc2)c(C)c1CC(=O)NC(C)(C)CCC(=O)O. The number of carbonyl (C=O) groups excluding carboxylic acids is 1. The van der Waals surface area contributed by atoms with Crippen LogP contribution in [0, 0.1) is 19.7 Å². The molecule has 2 rings (SSSR count). The molecule has 0 aliphatic rings. The van der Waals surface area contributed by atoms with E-state index in [2.05, 4.69) is 10.4 Å². The molecular formula is C19H24FN3O3. The molecule has 0 fully saturated rings. The van der Waals surface area contributed by atoms with Gasteiger partial charge in [-0.05, 0) is 58.4 Å². The molecule has 1 amide bonds. The first kappa shape index (κ1) is 19.6. The molecule has 7 heteroatoms. The van der Waals surface area contributed by atoms with Gasteiger partial charge >= 0.3 is 5.97 Å². The van der Waals surface area contributed by atoms with E-state index in [4.69, 9.17) is 5.11 Å². The van der Waals surface area contributed by atoms with E-state index < -0.39 is 11.5 Å². The highest BCUT2D eigenvalue weighted by Crippen LogP contribution is 2.19. The van der Waals surface area contributed by atoms with E-state index in [1.165, 1.54) is 12.1 Å². The lowest BCUT2D eigenvalue weighted by Crippen LogP contribution is -2.44. The minimum atomic E-state index is -0.889. The Kier molecular flexibility index (Phi) is 5.79. The van der Waals surface area contributed by atoms with Crippen LogP contribution in [0.3, 0.4) is 0 Å². The number of carbonyl (C=O) groups is 2. The maximum Gasteiger partial charge on any atom is 0.303 e. The number of aromatic nitrogens is 2. The van der Waals surface area contributed by atoms with Gasteiger partial charge in [0.2, 0.25) is 5.91 Å². The predicted octanol–water partition coefficient (Wildman–Crippen LogP) is 2.93. The molecule has 0 unspecified atom stereocenters. The average Bonchev–Trinajstić information content (AvgIpc) is 2.81. The van der Waals surface area contributed by atoms with Crippen molar-refractivity contribution in [3.8, 4) is 5.69 Å². The topological polar surface area (TPSA) is 84.2 Å². The maximum atomic E-state index is 13.1. The normalized spacial score (nSPS) is 11.4. The summed E-state index contributed by atoms with van der Waals surface area (Å²) in [5.41, 5.74) is 2.46. The van der Waals surface area contributed by atoms with Crippen molar-refractivity contribution in [1.29, 1.82) is 0 Å². The number of hydrogen-bond donors (Lipinski definition) is 2. The van der Waals surface area contributed by atoms with Crippen molar-refractivity contribution in [1.82, 2.24) is 15.1 Å². The van der Waals surface area contributed by atoms with Crippen LogP contribution in [0.4, 0.5) is 4.39 Å². The summed E-state index contributed by atoms with van der Waals surface area (Å²) in [5, 5.41) is 16.1. The number of rotatable bonds is 7. The predicted molar refractivity (Wildman–Crippen MR) is 95.8 cm³/mol. The van der Waals surface area contributed by atoms with E-state index >= 15 is 0 Å². The molecule has 0 aliphatic carbocycles. The van der Waals surface area contributed by atoms with Gasteiger partial charge in [0.1, 0.15) is 5.82 Å². The first-order valence-electron chi connectivity index (χ1n) is 8.43. The summed E-state index contributed by atoms with van der Waals surface area (Å²) in [7, 11) is 0. The standard InChI is InChI=1S/C19H24FN3O3/c1-12-16(11-17(24)21-19(3,4)10-9-18(25)26)13(2)23(22-12)15-7-5-14(20)6-8-15/h5-8H,9-11H2,1-4H3,(H,21,24)(H,25,26). The Morgan fingerprint density at radius 3 is 2.42 bits per heavy atom. The second kappa shape index (κ2) is 7.68. The van der Waals surface area contributed by atoms with Crippen molar-refractivity contribution in [2.45, 2.75) is 52.5 Å². The van der Waals surface area contributed by atoms with E-state index in [1.807, 2.05) is 13.8 Å². The third kappa shape index (κ3) is 4.91. The summed E-state index contributed by atoms with van der Waals surface area (Å²) in [6, 6.07) is 5.99. The van der Waals surface area contributed by atoms with E-state index in [0.717, 1.165) is 22.6 Å². The van der Waals surface area contributed by atoms with Gasteiger partial charge in [-0.2, -0.15) is 5.10 Å². The van der Waals surface area contributed by atoms with Crippen LogP contribution in [0.25, 0.3) is 5.69 Å². The molecule has 0 aliphatic heterocycles. The molecule has 26 heavy (non-hydrogen) atoms. The summed E-state index contributed by atoms with van der Waals surface area (Å²) in [6.45, 7) is 7.29. The smallest absolute Gasteiger partial charge is 0.303 e. The Balaban J connectivity index is 2.13. The van der Waals surface area contributed by atoms with Gasteiger partial charge in [0.05, 0.1) is 17.8 Å². The van der Waals surface area contributed by atoms with Crippen molar-refractivity contribution in [3.05, 3.63) is 47.0 Å². The number of nitrogens with one attached hydrogen (secondary N) is 1. The number of aryl methyl sites for hydroxylation is 1. The summed E-state index contributed by atoms with van der Waals surface area (Å²) in [6.07, 6.45) is 0.490. The second-order valence-electron chi connectivity index (χ2n) is 7.04. The van der Waals surface area contributed by atoms with Gasteiger partial charge in [0, 0.05) is 23.2 Å². The Bertz CT molecular complexity index is 810. The van der Waals surface area contributed by atoms with Gasteiger partial charge < -0.3 is 10.4 Å². The summed E-state index contributed by atoms with van der Waals surface area (Å²) >= 11 is 0. The molecule has 0 radical (unpaired) electrons. The third-order valence-electron chi connectivity index (χ3n) is 4.29. The Morgan fingerprint density at radius 1 is 1.23 bits per heavy atom. The molecule has 140 valence electrons. The molecule has 2 aromatic rings. The van der Waals surface area contributed by atoms with Crippen LogP contribution in [0.5, 0.6) is 0 Å². The number of benzene rings is 1. The van der Waals surface area contributed by atoms with Gasteiger partial charge in [-0.3, -0.25) is 9.59 Å². The first-order valence-corrected chi connectivity index (χ1v) is 8.43. The number of carboxylic acids is 1. The molecule has 6 nitrogen and oxygen atoms in total. The molecule has 0 saturated carbocycles. The van der Waals surface area contributed by atoms with Gasteiger partial charge in [-0.15, -0.1) is 0 Å². The van der Waals surface area contributed by atoms with Crippen molar-refractivity contribution in [2.75, 3.05) is 0 Å². The summed E-state index contributed by atoms with van der Waals surface area (Å²) in [4.78, 5) is 23.1. The molecule has 0 saturated heterocycles. The highest BCUT2D eigenvalue weighted by atomic mass is 19.1. The lowest BCUT2D eigenvalue weighted by Gasteiger charge is -2.25. The minimum Gasteiger partial charge on any atom is -0.481 e. The number of nitrogens with zero attached hydrogens (tertiary/aromatic N) is 2. The van der Waals surface area contributed by atoms with Crippen LogP contribution >= 0.6 is 0 Å². The molecule has 1 heterocycles. The zero-order chi connectivity index (χ0) is 19.5. The fourth-order valence-electron chi connectivity index (χ4n) is 2.83. The highest BCUT2D eigenvalue weighted by molar-refractivity contribution is 5.80. The number of hydrogen-bond acceptors (Lipinski definition) is 3. The maximum absolute atomic E-state index is 13.1. The molecule has 1 aromatic carbocycles. The molecule has 2 N–H and O–H groups in total. The van der Waals surface area contributed by atoms with Crippen LogP contribution in [-0.4, -0.2) is 32.3 Å². The van der Waals surface area contributed by atoms with Gasteiger partial charge in [-0.25, -0.2) is 9.07 Å². The quantitative estimate of drug-likeness (QED) is 0.794. The molecular weight excluding hydrogens is 337 g/mol. The van der Waals surface area contributed by atoms with Crippen LogP contribution in [-0.2, 0) is 16.0 Å². The van der Waals surface area contributed by atoms with Crippen LogP contribution in [0.2, 0.25) is 0 Å². The summed E-state index contributed by atoms with van der Waals surface area (Å²) in [5.74, 6) is -1.40. The fourth-order valence-corrected chi connectivity index (χ4v) is 2.83. The van der Waals surface area contributed by atoms with E-state index in [-0.39, 0.29) is 24.6 Å². The molecule has 0 bridgehead atoms. The second-order valence-corrected chi connectivity index (χ2v) is 7.04. The third-order valence-corrected chi connectivity index (χ3v) is 4.29. The molecule has 1 aromatic heterocycles. The van der Waals surface area contributed by atoms with Crippen molar-refractivity contribution < 1.29 is 19.1 Å². The van der Waals surface area contributed by atoms with Gasteiger partial charge in [0.15, 0.2) is 0 Å². The Morgan fingerprint density at radius 2 is 1.85 bits per heavy atom. The van der Waals surface area contributed by atoms with E-state index in [0.29, 0.717) is 6.42 Å². The van der Waals surface area contributed by atoms with Crippen LogP contribution < -0.4 is 5.32 Å². The lowest BCUT2D eigenvalue weighted by atomic mass is 9.97. The number of aliphatic carboxylic acids is 1. The Labute approximate surface area is 152 Å². The van der Waals surface area contributed by atoms with Crippen LogP contribution in [0.15, 0.2) is 24.3 Å². The van der Waals surface area contributed by atoms with E-state index in [1.54, 1.807) is 30.7 Å². The highest BCUT2D eigenvalue weighted by Gasteiger charge is 2.23. The monoisotopic (exact) mass is 361 g/mol.